The number of para-hydroxylation sites is 1. The summed E-state index contributed by atoms with van der Waals surface area (Å²) in [5.74, 6) is -1.07. The number of amides is 2. The van der Waals surface area contributed by atoms with Crippen molar-refractivity contribution in [2.24, 2.45) is 0 Å². The third kappa shape index (κ3) is 3.54. The highest BCUT2D eigenvalue weighted by Crippen LogP contribution is 2.40. The highest BCUT2D eigenvalue weighted by Gasteiger charge is 2.54. The van der Waals surface area contributed by atoms with Crippen LogP contribution in [0.1, 0.15) is 0 Å². The number of rotatable bonds is 7. The molecule has 0 spiro atoms. The number of carbonyl (C=O) groups excluding carboxylic acids is 2. The molecule has 1 fully saturated rings. The van der Waals surface area contributed by atoms with E-state index < -0.39 is 29.2 Å². The van der Waals surface area contributed by atoms with Crippen LogP contribution in [0, 0.1) is 0 Å². The number of carboxylic acids is 1. The van der Waals surface area contributed by atoms with Crippen LogP contribution in [0.2, 0.25) is 0 Å². The first-order chi connectivity index (χ1) is 12.5. The lowest BCUT2D eigenvalue weighted by molar-refractivity contribution is -0.151. The van der Waals surface area contributed by atoms with Gasteiger partial charge in [0.05, 0.1) is 6.61 Å². The van der Waals surface area contributed by atoms with E-state index in [2.05, 4.69) is 5.32 Å². The summed E-state index contributed by atoms with van der Waals surface area (Å²) in [4.78, 5) is 37.2. The molecule has 0 aliphatic carbocycles. The van der Waals surface area contributed by atoms with Gasteiger partial charge in [-0.05, 0) is 17.7 Å². The van der Waals surface area contributed by atoms with Crippen LogP contribution in [0.4, 0.5) is 0 Å². The minimum atomic E-state index is -1.17. The summed E-state index contributed by atoms with van der Waals surface area (Å²) < 4.78 is 10.4. The van der Waals surface area contributed by atoms with Gasteiger partial charge in [0.2, 0.25) is 0 Å². The second-order valence-electron chi connectivity index (χ2n) is 5.75. The molecule has 3 rings (SSSR count). The summed E-state index contributed by atoms with van der Waals surface area (Å²) in [6.07, 6.45) is 0. The fourth-order valence-electron chi connectivity index (χ4n) is 2.85. The monoisotopic (exact) mass is 378 g/mol. The van der Waals surface area contributed by atoms with E-state index in [1.165, 1.54) is 23.8 Å². The summed E-state index contributed by atoms with van der Waals surface area (Å²) in [7, 11) is 1.47. The second kappa shape index (κ2) is 7.79. The lowest BCUT2D eigenvalue weighted by atomic mass is 10.0. The van der Waals surface area contributed by atoms with Gasteiger partial charge < -0.3 is 19.9 Å². The molecular formula is C17H18N2O6S. The van der Waals surface area contributed by atoms with Crippen LogP contribution in [0.25, 0.3) is 0 Å². The number of aliphatic carboxylic acids is 1. The van der Waals surface area contributed by atoms with Crippen molar-refractivity contribution in [3.05, 3.63) is 41.6 Å². The van der Waals surface area contributed by atoms with Gasteiger partial charge >= 0.3 is 5.97 Å². The van der Waals surface area contributed by atoms with E-state index in [0.717, 1.165) is 0 Å². The van der Waals surface area contributed by atoms with Crippen molar-refractivity contribution in [2.75, 3.05) is 26.1 Å². The number of carbonyl (C=O) groups is 3. The van der Waals surface area contributed by atoms with Crippen molar-refractivity contribution in [3.8, 4) is 5.75 Å². The minimum Gasteiger partial charge on any atom is -0.484 e. The highest BCUT2D eigenvalue weighted by atomic mass is 32.2. The molecule has 1 aromatic carbocycles. The van der Waals surface area contributed by atoms with Gasteiger partial charge in [0.1, 0.15) is 22.9 Å². The number of fused-ring (bicyclic) bond motifs is 1. The van der Waals surface area contributed by atoms with E-state index >= 15 is 0 Å². The first-order valence-corrected chi connectivity index (χ1v) is 8.94. The number of β-lactam (4-membered cyclic amide) rings is 1. The summed E-state index contributed by atoms with van der Waals surface area (Å²) in [6, 6.07) is 8.10. The normalized spacial score (nSPS) is 21.7. The first kappa shape index (κ1) is 18.3. The van der Waals surface area contributed by atoms with Crippen LogP contribution < -0.4 is 10.1 Å². The van der Waals surface area contributed by atoms with Crippen LogP contribution in [0.15, 0.2) is 41.6 Å². The molecule has 2 amide bonds. The van der Waals surface area contributed by atoms with E-state index in [-0.39, 0.29) is 18.9 Å². The van der Waals surface area contributed by atoms with E-state index in [1.54, 1.807) is 24.3 Å². The average molecular weight is 378 g/mol. The molecule has 26 heavy (non-hydrogen) atoms. The topological polar surface area (TPSA) is 105 Å². The van der Waals surface area contributed by atoms with Gasteiger partial charge in [-0.3, -0.25) is 14.5 Å². The van der Waals surface area contributed by atoms with Crippen molar-refractivity contribution < 1.29 is 29.0 Å². The molecule has 0 saturated carbocycles. The Bertz CT molecular complexity index is 751. The predicted molar refractivity (Wildman–Crippen MR) is 93.5 cm³/mol. The number of methoxy groups -OCH3 is 1. The maximum atomic E-state index is 12.4. The van der Waals surface area contributed by atoms with Crippen molar-refractivity contribution in [1.29, 1.82) is 0 Å². The predicted octanol–water partition coefficient (Wildman–Crippen LogP) is 0.450. The van der Waals surface area contributed by atoms with Gasteiger partial charge in [-0.25, -0.2) is 4.79 Å². The SMILES string of the molecule is COCC1=C(C(=O)O)N2C(=O)C(NC(=O)COc3ccccc3)[C@@H]2SC1. The smallest absolute Gasteiger partial charge is 0.352 e. The zero-order chi connectivity index (χ0) is 18.7. The number of benzene rings is 1. The Labute approximate surface area is 154 Å². The zero-order valence-corrected chi connectivity index (χ0v) is 14.8. The largest absolute Gasteiger partial charge is 0.484 e. The fraction of sp³-hybridized carbons (Fsp3) is 0.353. The molecule has 1 unspecified atom stereocenters. The van der Waals surface area contributed by atoms with Crippen LogP contribution in [0.3, 0.4) is 0 Å². The van der Waals surface area contributed by atoms with Crippen molar-refractivity contribution in [3.63, 3.8) is 0 Å². The number of carboxylic acid groups (broad SMARTS) is 1. The number of nitrogens with zero attached hydrogens (tertiary/aromatic N) is 1. The van der Waals surface area contributed by atoms with Gasteiger partial charge in [0, 0.05) is 12.9 Å². The molecule has 1 saturated heterocycles. The van der Waals surface area contributed by atoms with E-state index in [9.17, 15) is 19.5 Å². The Morgan fingerprint density at radius 3 is 2.73 bits per heavy atom. The third-order valence-corrected chi connectivity index (χ3v) is 5.34. The Kier molecular flexibility index (Phi) is 5.48. The number of hydrogen-bond donors (Lipinski definition) is 2. The molecule has 0 aromatic heterocycles. The molecule has 2 heterocycles. The van der Waals surface area contributed by atoms with Gasteiger partial charge in [-0.2, -0.15) is 0 Å². The number of thioether (sulfide) groups is 1. The van der Waals surface area contributed by atoms with Crippen molar-refractivity contribution >= 4 is 29.5 Å². The summed E-state index contributed by atoms with van der Waals surface area (Å²) in [6.45, 7) is -0.0746. The van der Waals surface area contributed by atoms with Crippen LogP contribution >= 0.6 is 11.8 Å². The zero-order valence-electron chi connectivity index (χ0n) is 14.0. The van der Waals surface area contributed by atoms with E-state index in [4.69, 9.17) is 9.47 Å². The maximum Gasteiger partial charge on any atom is 0.352 e. The summed E-state index contributed by atoms with van der Waals surface area (Å²) >= 11 is 1.40. The first-order valence-electron chi connectivity index (χ1n) is 7.89. The summed E-state index contributed by atoms with van der Waals surface area (Å²) in [5.41, 5.74) is 0.499. The Balaban J connectivity index is 1.61. The minimum absolute atomic E-state index is 0.0494. The molecule has 2 aliphatic heterocycles. The molecule has 0 bridgehead atoms. The quantitative estimate of drug-likeness (QED) is 0.664. The second-order valence-corrected chi connectivity index (χ2v) is 6.85. The standard InChI is InChI=1S/C17H18N2O6S/c1-24-7-10-9-26-16-13(15(21)19(16)14(10)17(22)23)18-12(20)8-25-11-5-3-2-4-6-11/h2-6,13,16H,7-9H2,1H3,(H,18,20)(H,22,23)/t13?,16-/m0/s1. The Morgan fingerprint density at radius 1 is 1.35 bits per heavy atom. The van der Waals surface area contributed by atoms with E-state index in [0.29, 0.717) is 17.1 Å². The van der Waals surface area contributed by atoms with Gasteiger partial charge in [0.15, 0.2) is 6.61 Å². The van der Waals surface area contributed by atoms with E-state index in [1.807, 2.05) is 6.07 Å². The molecule has 138 valence electrons. The molecule has 9 heteroatoms. The van der Waals surface area contributed by atoms with Crippen molar-refractivity contribution in [2.45, 2.75) is 11.4 Å². The van der Waals surface area contributed by atoms with Crippen LogP contribution in [0.5, 0.6) is 5.75 Å². The lowest BCUT2D eigenvalue weighted by Gasteiger charge is -2.49. The molecule has 8 nitrogen and oxygen atoms in total. The van der Waals surface area contributed by atoms with Crippen LogP contribution in [-0.4, -0.2) is 65.3 Å². The van der Waals surface area contributed by atoms with Crippen molar-refractivity contribution in [1.82, 2.24) is 10.2 Å². The molecule has 1 aromatic rings. The maximum absolute atomic E-state index is 12.4. The molecule has 0 radical (unpaired) electrons. The summed E-state index contributed by atoms with van der Waals surface area (Å²) in [5, 5.41) is 11.6. The highest BCUT2D eigenvalue weighted by molar-refractivity contribution is 8.00. The van der Waals surface area contributed by atoms with Crippen LogP contribution in [-0.2, 0) is 19.1 Å². The number of hydrogen-bond acceptors (Lipinski definition) is 6. The van der Waals surface area contributed by atoms with Gasteiger partial charge in [0.25, 0.3) is 11.8 Å². The van der Waals surface area contributed by atoms with Gasteiger partial charge in [-0.15, -0.1) is 11.8 Å². The molecule has 2 atom stereocenters. The molecule has 2 aliphatic rings. The molecular weight excluding hydrogens is 360 g/mol. The number of nitrogens with one attached hydrogen (secondary N) is 1. The third-order valence-electron chi connectivity index (χ3n) is 4.00. The Morgan fingerprint density at radius 2 is 2.08 bits per heavy atom. The van der Waals surface area contributed by atoms with Gasteiger partial charge in [-0.1, -0.05) is 18.2 Å². The number of ether oxygens (including phenoxy) is 2. The fourth-order valence-corrected chi connectivity index (χ4v) is 4.18. The average Bonchev–Trinajstić information content (AvgIpc) is 2.65. The molecule has 2 N–H and O–H groups in total. The lowest BCUT2D eigenvalue weighted by Crippen LogP contribution is -2.71. The Hall–Kier alpha value is -2.52.